The number of anilines is 2. The molecule has 0 aliphatic carbocycles. The molecule has 0 spiro atoms. The second-order valence-corrected chi connectivity index (χ2v) is 9.83. The predicted molar refractivity (Wildman–Crippen MR) is 166 cm³/mol. The van der Waals surface area contributed by atoms with Crippen molar-refractivity contribution in [2.24, 2.45) is 11.5 Å². The van der Waals surface area contributed by atoms with Gasteiger partial charge in [-0.25, -0.2) is 9.18 Å². The molecule has 2 heterocycles. The highest BCUT2D eigenvalue weighted by Gasteiger charge is 2.28. The number of benzene rings is 4. The summed E-state index contributed by atoms with van der Waals surface area (Å²) in [7, 11) is 0. The van der Waals surface area contributed by atoms with E-state index in [2.05, 4.69) is 5.32 Å². The van der Waals surface area contributed by atoms with Gasteiger partial charge in [-0.05, 0) is 59.9 Å². The fraction of sp³-hybridized carbons (Fsp3) is 0.152. The van der Waals surface area contributed by atoms with Crippen molar-refractivity contribution in [1.29, 1.82) is 0 Å². The topological polar surface area (TPSA) is 111 Å². The van der Waals surface area contributed by atoms with Gasteiger partial charge in [0.15, 0.2) is 0 Å². The van der Waals surface area contributed by atoms with Gasteiger partial charge in [0.1, 0.15) is 18.2 Å². The van der Waals surface area contributed by atoms with E-state index >= 15 is 0 Å². The average Bonchev–Trinajstić information content (AvgIpc) is 3.42. The second-order valence-electron chi connectivity index (χ2n) is 9.83. The maximum atomic E-state index is 13.5. The number of nitrogens with zero attached hydrogens (tertiary/aromatic N) is 1. The van der Waals surface area contributed by atoms with Crippen molar-refractivity contribution in [1.82, 2.24) is 5.32 Å². The molecule has 4 aromatic carbocycles. The highest BCUT2D eigenvalue weighted by molar-refractivity contribution is 6.04. The molecule has 2 aliphatic heterocycles. The molecule has 42 heavy (non-hydrogen) atoms. The van der Waals surface area contributed by atoms with Crippen LogP contribution in [0.1, 0.15) is 41.1 Å². The number of fused-ring (bicyclic) bond motifs is 2. The van der Waals surface area contributed by atoms with E-state index in [1.807, 2.05) is 84.9 Å². The summed E-state index contributed by atoms with van der Waals surface area (Å²) in [4.78, 5) is 24.5. The minimum Gasteiger partial charge on any atom is -0.489 e. The van der Waals surface area contributed by atoms with Crippen LogP contribution in [0.3, 0.4) is 0 Å². The number of primary amides is 2. The molecule has 5 N–H and O–H groups in total. The number of hydrogen-bond donors (Lipinski definition) is 3. The molecule has 6 rings (SSSR count). The number of hydrogen-bond acceptors (Lipinski definition) is 4. The second kappa shape index (κ2) is 13.8. The summed E-state index contributed by atoms with van der Waals surface area (Å²) in [6.07, 6.45) is 5.63. The van der Waals surface area contributed by atoms with Gasteiger partial charge >= 0.3 is 6.03 Å². The van der Waals surface area contributed by atoms with Crippen LogP contribution in [0.15, 0.2) is 97.1 Å². The number of halogens is 2. The van der Waals surface area contributed by atoms with E-state index in [-0.39, 0.29) is 42.8 Å². The summed E-state index contributed by atoms with van der Waals surface area (Å²) in [6, 6.07) is 29.0. The lowest BCUT2D eigenvalue weighted by molar-refractivity contribution is -0.119. The molecular weight excluding hydrogens is 555 g/mol. The minimum atomic E-state index is -0.474. The third-order valence-electron chi connectivity index (χ3n) is 7.14. The summed E-state index contributed by atoms with van der Waals surface area (Å²) in [6.45, 7) is 0.192. The van der Waals surface area contributed by atoms with Gasteiger partial charge in [-0.3, -0.25) is 15.0 Å². The van der Waals surface area contributed by atoms with Gasteiger partial charge < -0.3 is 16.2 Å². The molecule has 216 valence electrons. The zero-order chi connectivity index (χ0) is 28.8. The molecule has 1 saturated heterocycles. The van der Waals surface area contributed by atoms with E-state index in [9.17, 15) is 14.0 Å². The normalized spacial score (nSPS) is 16.5. The SMILES string of the molecule is Cl.NC(=O)N1c2ccccc2C=Cc2ccccc21.NC(=O)[C@@H]1CC[C@H](c2ccc(OCc3ccccc3F)cc2)N1. The van der Waals surface area contributed by atoms with E-state index in [1.54, 1.807) is 23.1 Å². The van der Waals surface area contributed by atoms with Crippen molar-refractivity contribution in [2.75, 3.05) is 4.90 Å². The number of amides is 3. The summed E-state index contributed by atoms with van der Waals surface area (Å²) in [5, 5.41) is 3.23. The highest BCUT2D eigenvalue weighted by Crippen LogP contribution is 2.35. The molecule has 0 radical (unpaired) electrons. The van der Waals surface area contributed by atoms with Crippen molar-refractivity contribution < 1.29 is 18.7 Å². The zero-order valence-electron chi connectivity index (χ0n) is 22.8. The van der Waals surface area contributed by atoms with Crippen LogP contribution in [0, 0.1) is 5.82 Å². The van der Waals surface area contributed by atoms with Crippen molar-refractivity contribution in [2.45, 2.75) is 31.5 Å². The minimum absolute atomic E-state index is 0. The van der Waals surface area contributed by atoms with E-state index in [1.165, 1.54) is 6.07 Å². The molecule has 3 amide bonds. The Labute approximate surface area is 250 Å². The number of para-hydroxylation sites is 2. The Morgan fingerprint density at radius 2 is 1.38 bits per heavy atom. The van der Waals surface area contributed by atoms with E-state index in [4.69, 9.17) is 16.2 Å². The highest BCUT2D eigenvalue weighted by atomic mass is 35.5. The number of carbonyl (C=O) groups excluding carboxylic acids is 2. The number of urea groups is 1. The molecule has 4 aromatic rings. The zero-order valence-corrected chi connectivity index (χ0v) is 23.6. The third kappa shape index (κ3) is 6.97. The smallest absolute Gasteiger partial charge is 0.323 e. The molecule has 7 nitrogen and oxygen atoms in total. The number of rotatable bonds is 5. The Morgan fingerprint density at radius 1 is 0.810 bits per heavy atom. The van der Waals surface area contributed by atoms with Crippen LogP contribution in [0.2, 0.25) is 0 Å². The Kier molecular flexibility index (Phi) is 9.96. The summed E-state index contributed by atoms with van der Waals surface area (Å²) in [5.74, 6) is 0.107. The van der Waals surface area contributed by atoms with E-state index < -0.39 is 6.03 Å². The fourth-order valence-electron chi connectivity index (χ4n) is 5.01. The maximum Gasteiger partial charge on any atom is 0.323 e. The summed E-state index contributed by atoms with van der Waals surface area (Å²) >= 11 is 0. The monoisotopic (exact) mass is 586 g/mol. The van der Waals surface area contributed by atoms with Gasteiger partial charge in [0.05, 0.1) is 17.4 Å². The molecule has 0 saturated carbocycles. The summed E-state index contributed by atoms with van der Waals surface area (Å²) < 4.78 is 19.2. The maximum absolute atomic E-state index is 13.5. The average molecular weight is 587 g/mol. The lowest BCUT2D eigenvalue weighted by Gasteiger charge is -2.22. The van der Waals surface area contributed by atoms with Crippen molar-refractivity contribution in [3.05, 3.63) is 125 Å². The van der Waals surface area contributed by atoms with Crippen LogP contribution in [-0.2, 0) is 11.4 Å². The number of ether oxygens (including phenoxy) is 1. The molecule has 0 aromatic heterocycles. The Balaban J connectivity index is 0.000000193. The van der Waals surface area contributed by atoms with Crippen LogP contribution in [0.5, 0.6) is 5.75 Å². The quantitative estimate of drug-likeness (QED) is 0.248. The molecule has 0 unspecified atom stereocenters. The number of nitrogens with two attached hydrogens (primary N) is 2. The van der Waals surface area contributed by atoms with Crippen molar-refractivity contribution in [3.8, 4) is 5.75 Å². The van der Waals surface area contributed by atoms with Gasteiger partial charge in [-0.1, -0.05) is 78.9 Å². The first-order valence-electron chi connectivity index (χ1n) is 13.4. The molecule has 2 atom stereocenters. The number of carbonyl (C=O) groups is 2. The predicted octanol–water partition coefficient (Wildman–Crippen LogP) is 6.49. The molecule has 1 fully saturated rings. The van der Waals surface area contributed by atoms with Crippen LogP contribution >= 0.6 is 12.4 Å². The van der Waals surface area contributed by atoms with Crippen molar-refractivity contribution >= 4 is 47.9 Å². The molecule has 0 bridgehead atoms. The Hall–Kier alpha value is -4.66. The van der Waals surface area contributed by atoms with Gasteiger partial charge in [0.25, 0.3) is 0 Å². The first kappa shape index (κ1) is 30.3. The van der Waals surface area contributed by atoms with E-state index in [0.29, 0.717) is 11.3 Å². The van der Waals surface area contributed by atoms with Crippen LogP contribution in [0.25, 0.3) is 12.2 Å². The van der Waals surface area contributed by atoms with Gasteiger partial charge in [-0.15, -0.1) is 12.4 Å². The first-order valence-corrected chi connectivity index (χ1v) is 13.4. The van der Waals surface area contributed by atoms with Crippen LogP contribution in [0.4, 0.5) is 20.6 Å². The lowest BCUT2D eigenvalue weighted by Crippen LogP contribution is -2.37. The largest absolute Gasteiger partial charge is 0.489 e. The Morgan fingerprint density at radius 3 is 1.93 bits per heavy atom. The lowest BCUT2D eigenvalue weighted by atomic mass is 10.1. The fourth-order valence-corrected chi connectivity index (χ4v) is 5.01. The van der Waals surface area contributed by atoms with Crippen LogP contribution < -0.4 is 26.4 Å². The number of nitrogens with one attached hydrogen (secondary N) is 1. The van der Waals surface area contributed by atoms with E-state index in [0.717, 1.165) is 40.9 Å². The summed E-state index contributed by atoms with van der Waals surface area (Å²) in [5.41, 5.74) is 16.0. The Bertz CT molecular complexity index is 1530. The molecule has 9 heteroatoms. The first-order chi connectivity index (χ1) is 19.9. The third-order valence-corrected chi connectivity index (χ3v) is 7.14. The molecular formula is C33H32ClFN4O3. The van der Waals surface area contributed by atoms with Crippen molar-refractivity contribution in [3.63, 3.8) is 0 Å². The van der Waals surface area contributed by atoms with Gasteiger partial charge in [0.2, 0.25) is 5.91 Å². The standard InChI is InChI=1S/C18H19FN2O2.C15H12N2O.ClH/c19-15-4-2-1-3-13(15)11-23-14-7-5-12(6-8-14)16-9-10-17(21-16)18(20)22;16-15(18)17-13-7-3-1-5-11(13)9-10-12-6-2-4-8-14(12)17;/h1-8,16-17,21H,9-11H2,(H2,20,22);1-10H,(H2,16,18);1H/t16-,17+;;/m1../s1. The van der Waals surface area contributed by atoms with Gasteiger partial charge in [0, 0.05) is 11.6 Å². The molecule has 2 aliphatic rings. The van der Waals surface area contributed by atoms with Crippen LogP contribution in [-0.4, -0.2) is 18.0 Å². The van der Waals surface area contributed by atoms with Gasteiger partial charge in [-0.2, -0.15) is 0 Å².